The molecule has 100 valence electrons. The molecule has 2 aliphatic rings. The standard InChI is InChI=1S/C14H27NO2/c1-11-8-13(9-12(2)17-11)15-10-14(4-5-14)6-7-16-3/h11-13,15H,4-10H2,1-3H3. The van der Waals surface area contributed by atoms with Gasteiger partial charge < -0.3 is 14.8 Å². The Labute approximate surface area is 105 Å². The van der Waals surface area contributed by atoms with E-state index in [9.17, 15) is 0 Å². The molecule has 2 fully saturated rings. The number of ether oxygens (including phenoxy) is 2. The van der Waals surface area contributed by atoms with Crippen molar-refractivity contribution in [1.29, 1.82) is 0 Å². The molecule has 2 unspecified atom stereocenters. The molecule has 1 N–H and O–H groups in total. The molecule has 0 radical (unpaired) electrons. The molecule has 3 nitrogen and oxygen atoms in total. The van der Waals surface area contributed by atoms with Crippen LogP contribution in [-0.2, 0) is 9.47 Å². The lowest BCUT2D eigenvalue weighted by molar-refractivity contribution is -0.0427. The normalized spacial score (nSPS) is 35.8. The summed E-state index contributed by atoms with van der Waals surface area (Å²) in [5.74, 6) is 0. The Morgan fingerprint density at radius 2 is 1.88 bits per heavy atom. The van der Waals surface area contributed by atoms with E-state index < -0.39 is 0 Å². The van der Waals surface area contributed by atoms with E-state index in [0.717, 1.165) is 19.4 Å². The SMILES string of the molecule is COCCC1(CNC2CC(C)OC(C)C2)CC1. The molecule has 1 saturated carbocycles. The highest BCUT2D eigenvalue weighted by Crippen LogP contribution is 2.48. The van der Waals surface area contributed by atoms with Crippen molar-refractivity contribution in [3.63, 3.8) is 0 Å². The average molecular weight is 241 g/mol. The Hall–Kier alpha value is -0.120. The number of methoxy groups -OCH3 is 1. The smallest absolute Gasteiger partial charge is 0.0565 e. The molecule has 17 heavy (non-hydrogen) atoms. The predicted molar refractivity (Wildman–Crippen MR) is 69.2 cm³/mol. The highest BCUT2D eigenvalue weighted by atomic mass is 16.5. The number of hydrogen-bond donors (Lipinski definition) is 1. The van der Waals surface area contributed by atoms with Gasteiger partial charge in [0.25, 0.3) is 0 Å². The lowest BCUT2D eigenvalue weighted by Crippen LogP contribution is -2.43. The minimum atomic E-state index is 0.408. The Kier molecular flexibility index (Phi) is 4.45. The van der Waals surface area contributed by atoms with Gasteiger partial charge in [-0.1, -0.05) is 0 Å². The molecule has 2 rings (SSSR count). The van der Waals surface area contributed by atoms with Gasteiger partial charge in [-0.2, -0.15) is 0 Å². The average Bonchev–Trinajstić information content (AvgIpc) is 3.03. The first kappa shape index (κ1) is 13.3. The summed E-state index contributed by atoms with van der Waals surface area (Å²) in [4.78, 5) is 0. The zero-order chi connectivity index (χ0) is 12.3. The second kappa shape index (κ2) is 5.68. The lowest BCUT2D eigenvalue weighted by atomic mass is 9.97. The van der Waals surface area contributed by atoms with E-state index in [1.165, 1.54) is 25.8 Å². The van der Waals surface area contributed by atoms with Crippen LogP contribution >= 0.6 is 0 Å². The largest absolute Gasteiger partial charge is 0.385 e. The molecule has 0 amide bonds. The molecule has 0 aromatic heterocycles. The predicted octanol–water partition coefficient (Wildman–Crippen LogP) is 2.35. The fraction of sp³-hybridized carbons (Fsp3) is 1.00. The summed E-state index contributed by atoms with van der Waals surface area (Å²) < 4.78 is 11.0. The zero-order valence-corrected chi connectivity index (χ0v) is 11.5. The minimum Gasteiger partial charge on any atom is -0.385 e. The first-order valence-electron chi connectivity index (χ1n) is 7.01. The van der Waals surface area contributed by atoms with Crippen LogP contribution in [0.4, 0.5) is 0 Å². The van der Waals surface area contributed by atoms with Crippen LogP contribution < -0.4 is 5.32 Å². The van der Waals surface area contributed by atoms with Crippen molar-refractivity contribution < 1.29 is 9.47 Å². The van der Waals surface area contributed by atoms with Gasteiger partial charge in [-0.3, -0.25) is 0 Å². The molecule has 3 heteroatoms. The third-order valence-corrected chi connectivity index (χ3v) is 4.26. The van der Waals surface area contributed by atoms with Gasteiger partial charge in [0, 0.05) is 26.3 Å². The zero-order valence-electron chi connectivity index (χ0n) is 11.5. The van der Waals surface area contributed by atoms with Crippen molar-refractivity contribution in [3.05, 3.63) is 0 Å². The molecule has 1 aliphatic heterocycles. The summed E-state index contributed by atoms with van der Waals surface area (Å²) >= 11 is 0. The van der Waals surface area contributed by atoms with Crippen molar-refractivity contribution in [3.8, 4) is 0 Å². The first-order chi connectivity index (χ1) is 8.13. The molecule has 1 saturated heterocycles. The number of nitrogens with one attached hydrogen (secondary N) is 1. The Balaban J connectivity index is 1.70. The van der Waals surface area contributed by atoms with Gasteiger partial charge in [-0.05, 0) is 51.4 Å². The van der Waals surface area contributed by atoms with Crippen LogP contribution in [0.5, 0.6) is 0 Å². The molecular formula is C14H27NO2. The summed E-state index contributed by atoms with van der Waals surface area (Å²) in [6, 6.07) is 0.647. The quantitative estimate of drug-likeness (QED) is 0.774. The van der Waals surface area contributed by atoms with E-state index >= 15 is 0 Å². The molecule has 0 aromatic rings. The summed E-state index contributed by atoms with van der Waals surface area (Å²) in [6.45, 7) is 6.44. The van der Waals surface area contributed by atoms with Gasteiger partial charge in [0.1, 0.15) is 0 Å². The van der Waals surface area contributed by atoms with Crippen LogP contribution in [0.2, 0.25) is 0 Å². The van der Waals surface area contributed by atoms with E-state index in [0.29, 0.717) is 23.7 Å². The van der Waals surface area contributed by atoms with Gasteiger partial charge in [-0.15, -0.1) is 0 Å². The molecule has 1 heterocycles. The minimum absolute atomic E-state index is 0.408. The van der Waals surface area contributed by atoms with Gasteiger partial charge >= 0.3 is 0 Å². The molecule has 0 aromatic carbocycles. The summed E-state index contributed by atoms with van der Waals surface area (Å²) in [6.07, 6.45) is 7.09. The van der Waals surface area contributed by atoms with Crippen molar-refractivity contribution in [1.82, 2.24) is 5.32 Å². The third-order valence-electron chi connectivity index (χ3n) is 4.26. The van der Waals surface area contributed by atoms with Crippen LogP contribution in [0.25, 0.3) is 0 Å². The third kappa shape index (κ3) is 3.94. The van der Waals surface area contributed by atoms with Gasteiger partial charge in [0.2, 0.25) is 0 Å². The van der Waals surface area contributed by atoms with E-state index in [1.807, 2.05) is 0 Å². The Morgan fingerprint density at radius 3 is 2.41 bits per heavy atom. The van der Waals surface area contributed by atoms with E-state index in [-0.39, 0.29) is 0 Å². The van der Waals surface area contributed by atoms with Crippen molar-refractivity contribution in [2.45, 2.75) is 64.2 Å². The Bertz CT molecular complexity index is 230. The topological polar surface area (TPSA) is 30.5 Å². The van der Waals surface area contributed by atoms with E-state index in [2.05, 4.69) is 19.2 Å². The second-order valence-electron chi connectivity index (χ2n) is 6.05. The summed E-state index contributed by atoms with van der Waals surface area (Å²) in [5, 5.41) is 3.76. The fourth-order valence-corrected chi connectivity index (χ4v) is 2.94. The highest BCUT2D eigenvalue weighted by Gasteiger charge is 2.42. The van der Waals surface area contributed by atoms with Crippen LogP contribution in [0.15, 0.2) is 0 Å². The van der Waals surface area contributed by atoms with Crippen LogP contribution in [0, 0.1) is 5.41 Å². The first-order valence-corrected chi connectivity index (χ1v) is 7.01. The monoisotopic (exact) mass is 241 g/mol. The van der Waals surface area contributed by atoms with E-state index in [1.54, 1.807) is 7.11 Å². The molecule has 0 spiro atoms. The van der Waals surface area contributed by atoms with Crippen LogP contribution in [0.3, 0.4) is 0 Å². The number of rotatable bonds is 6. The van der Waals surface area contributed by atoms with Gasteiger partial charge in [-0.25, -0.2) is 0 Å². The second-order valence-corrected chi connectivity index (χ2v) is 6.05. The van der Waals surface area contributed by atoms with Gasteiger partial charge in [0.15, 0.2) is 0 Å². The van der Waals surface area contributed by atoms with Crippen LogP contribution in [-0.4, -0.2) is 38.5 Å². The van der Waals surface area contributed by atoms with Crippen molar-refractivity contribution in [2.75, 3.05) is 20.3 Å². The van der Waals surface area contributed by atoms with Crippen molar-refractivity contribution >= 4 is 0 Å². The lowest BCUT2D eigenvalue weighted by Gasteiger charge is -2.33. The fourth-order valence-electron chi connectivity index (χ4n) is 2.94. The van der Waals surface area contributed by atoms with Crippen molar-refractivity contribution in [2.24, 2.45) is 5.41 Å². The highest BCUT2D eigenvalue weighted by molar-refractivity contribution is 4.95. The summed E-state index contributed by atoms with van der Waals surface area (Å²) in [5.41, 5.74) is 0.556. The maximum atomic E-state index is 5.77. The maximum absolute atomic E-state index is 5.77. The Morgan fingerprint density at radius 1 is 1.24 bits per heavy atom. The van der Waals surface area contributed by atoms with Crippen LogP contribution in [0.1, 0.15) is 46.0 Å². The molecule has 0 bridgehead atoms. The molecule has 2 atom stereocenters. The number of hydrogen-bond acceptors (Lipinski definition) is 3. The maximum Gasteiger partial charge on any atom is 0.0565 e. The molecular weight excluding hydrogens is 214 g/mol. The van der Waals surface area contributed by atoms with E-state index in [4.69, 9.17) is 9.47 Å². The molecule has 1 aliphatic carbocycles. The van der Waals surface area contributed by atoms with Gasteiger partial charge in [0.05, 0.1) is 12.2 Å². The summed E-state index contributed by atoms with van der Waals surface area (Å²) in [7, 11) is 1.80.